The molecule has 386 valence electrons. The zero-order valence-corrected chi connectivity index (χ0v) is 41.7. The van der Waals surface area contributed by atoms with Crippen molar-refractivity contribution in [3.8, 4) is 0 Å². The van der Waals surface area contributed by atoms with E-state index in [0.29, 0.717) is 25.7 Å². The topological polar surface area (TPSA) is 273 Å². The summed E-state index contributed by atoms with van der Waals surface area (Å²) in [7, 11) is -10.7. The molecule has 8 atom stereocenters. The van der Waals surface area contributed by atoms with E-state index >= 15 is 0 Å². The molecule has 0 spiro atoms. The number of ether oxygens (including phenoxy) is 2. The van der Waals surface area contributed by atoms with E-state index in [-0.39, 0.29) is 18.6 Å². The summed E-state index contributed by atoms with van der Waals surface area (Å²) in [4.78, 5) is 66.4. The minimum Gasteiger partial charge on any atom is -0.462 e. The minimum atomic E-state index is -5.38. The van der Waals surface area contributed by atoms with Crippen LogP contribution in [0, 0.1) is 0 Å². The van der Waals surface area contributed by atoms with Gasteiger partial charge in [-0.25, -0.2) is 9.13 Å². The number of unbranched alkanes of at least 4 members (excludes halogenated alkanes) is 23. The van der Waals surface area contributed by atoms with Crippen LogP contribution in [0.25, 0.3) is 0 Å². The first-order valence-corrected chi connectivity index (χ1v) is 27.9. The molecule has 1 aliphatic carbocycles. The van der Waals surface area contributed by atoms with E-state index in [4.69, 9.17) is 18.5 Å². The normalized spacial score (nSPS) is 21.6. The summed E-state index contributed by atoms with van der Waals surface area (Å²) in [5, 5.41) is 41.2. The summed E-state index contributed by atoms with van der Waals surface area (Å²) < 4.78 is 49.3. The SMILES string of the molecule is CCCCC/C=C\C=C\C(=O)CCCCCCCC(=O)OC[C@H](COP(=O)(O)O[C@H]1C(O)C(O)C(O)[C@@H](OP(=O)(O)O)C1O)OC(=O)CCCCCCCCCCCCCCCCCCC. The lowest BCUT2D eigenvalue weighted by atomic mass is 9.85. The fourth-order valence-corrected chi connectivity index (χ4v) is 9.14. The Hall–Kier alpha value is -1.85. The molecule has 1 rings (SSSR count). The average Bonchev–Trinajstić information content (AvgIpc) is 3.27. The van der Waals surface area contributed by atoms with Gasteiger partial charge in [0.05, 0.1) is 6.61 Å². The summed E-state index contributed by atoms with van der Waals surface area (Å²) in [6.45, 7) is 2.98. The number of allylic oxidation sites excluding steroid dienone is 4. The van der Waals surface area contributed by atoms with Crippen LogP contribution in [0.3, 0.4) is 0 Å². The molecule has 7 N–H and O–H groups in total. The number of esters is 2. The number of carbonyl (C=O) groups excluding carboxylic acids is 3. The standard InChI is InChI=1S/C47H86O17P2/c1-3-5-7-9-11-12-13-14-15-16-17-18-19-20-22-26-31-35-41(50)62-39(36-60-40(49)34-30-27-23-25-29-33-38(48)32-28-24-21-10-8-6-4-2)37-61-66(58,59)64-47-44(53)42(51)43(52)46(45(47)54)63-65(55,56)57/h21,24,28,32,39,42-47,51-54H,3-20,22-23,25-27,29-31,33-37H2,1-2H3,(H,58,59)(H2,55,56,57)/b24-21-,32-28+/t39-,42?,43?,44?,45?,46-,47+/m1/s1. The van der Waals surface area contributed by atoms with E-state index in [0.717, 1.165) is 64.2 Å². The largest absolute Gasteiger partial charge is 0.472 e. The Morgan fingerprint density at radius 2 is 0.955 bits per heavy atom. The van der Waals surface area contributed by atoms with E-state index < -0.39 is 83.5 Å². The third kappa shape index (κ3) is 32.1. The van der Waals surface area contributed by atoms with Crippen molar-refractivity contribution in [2.75, 3.05) is 13.2 Å². The molecule has 1 fully saturated rings. The molecule has 0 aromatic carbocycles. The van der Waals surface area contributed by atoms with Crippen LogP contribution in [0.1, 0.15) is 200 Å². The second-order valence-electron chi connectivity index (χ2n) is 17.6. The molecule has 0 aliphatic heterocycles. The molecule has 66 heavy (non-hydrogen) atoms. The van der Waals surface area contributed by atoms with Crippen molar-refractivity contribution in [1.29, 1.82) is 0 Å². The first kappa shape index (κ1) is 62.2. The number of aliphatic hydroxyl groups excluding tert-OH is 4. The summed E-state index contributed by atoms with van der Waals surface area (Å²) in [5.74, 6) is -1.23. The Bertz CT molecular complexity index is 1440. The Labute approximate surface area is 394 Å². The van der Waals surface area contributed by atoms with Crippen LogP contribution >= 0.6 is 15.6 Å². The quantitative estimate of drug-likeness (QED) is 0.00988. The van der Waals surface area contributed by atoms with Crippen LogP contribution in [0.2, 0.25) is 0 Å². The van der Waals surface area contributed by atoms with Gasteiger partial charge >= 0.3 is 27.6 Å². The smallest absolute Gasteiger partial charge is 0.462 e. The van der Waals surface area contributed by atoms with Gasteiger partial charge in [-0.05, 0) is 38.2 Å². The number of aliphatic hydroxyl groups is 4. The maximum Gasteiger partial charge on any atom is 0.472 e. The molecule has 0 heterocycles. The van der Waals surface area contributed by atoms with Crippen molar-refractivity contribution in [3.05, 3.63) is 24.3 Å². The third-order valence-corrected chi connectivity index (χ3v) is 13.0. The van der Waals surface area contributed by atoms with E-state index in [1.165, 1.54) is 83.5 Å². The van der Waals surface area contributed by atoms with Crippen LogP contribution in [-0.4, -0.2) is 109 Å². The first-order valence-electron chi connectivity index (χ1n) is 24.8. The number of hydrogen-bond acceptors (Lipinski definition) is 14. The predicted octanol–water partition coefficient (Wildman–Crippen LogP) is 8.91. The second kappa shape index (κ2) is 38.0. The molecule has 0 aromatic rings. The van der Waals surface area contributed by atoms with Crippen LogP contribution in [-0.2, 0) is 46.6 Å². The van der Waals surface area contributed by atoms with Crippen LogP contribution in [0.15, 0.2) is 24.3 Å². The Kier molecular flexibility index (Phi) is 35.8. The van der Waals surface area contributed by atoms with Gasteiger partial charge in [-0.2, -0.15) is 0 Å². The number of phosphoric acid groups is 2. The van der Waals surface area contributed by atoms with Crippen molar-refractivity contribution in [2.24, 2.45) is 0 Å². The van der Waals surface area contributed by atoms with Gasteiger partial charge in [0.1, 0.15) is 43.2 Å². The molecule has 19 heteroatoms. The van der Waals surface area contributed by atoms with E-state index in [1.807, 2.05) is 6.08 Å². The van der Waals surface area contributed by atoms with Crippen LogP contribution in [0.5, 0.6) is 0 Å². The molecular formula is C47H86O17P2. The predicted molar refractivity (Wildman–Crippen MR) is 251 cm³/mol. The lowest BCUT2D eigenvalue weighted by molar-refractivity contribution is -0.216. The van der Waals surface area contributed by atoms with Gasteiger partial charge in [-0.3, -0.25) is 28.0 Å². The van der Waals surface area contributed by atoms with Gasteiger partial charge in [0.2, 0.25) is 0 Å². The third-order valence-electron chi connectivity index (χ3n) is 11.5. The zero-order chi connectivity index (χ0) is 49.1. The highest BCUT2D eigenvalue weighted by Crippen LogP contribution is 2.49. The van der Waals surface area contributed by atoms with Gasteiger partial charge < -0.3 is 44.6 Å². The summed E-state index contributed by atoms with van der Waals surface area (Å²) in [6.07, 6.45) is 20.9. The number of phosphoric ester groups is 2. The number of carbonyl (C=O) groups is 3. The highest BCUT2D eigenvalue weighted by Gasteiger charge is 2.54. The lowest BCUT2D eigenvalue weighted by Gasteiger charge is -2.43. The molecule has 1 saturated carbocycles. The molecular weight excluding hydrogens is 898 g/mol. The van der Waals surface area contributed by atoms with Gasteiger partial charge in [0.15, 0.2) is 11.9 Å². The van der Waals surface area contributed by atoms with Gasteiger partial charge in [0.25, 0.3) is 0 Å². The van der Waals surface area contributed by atoms with Crippen molar-refractivity contribution >= 4 is 33.4 Å². The summed E-state index contributed by atoms with van der Waals surface area (Å²) in [6, 6.07) is 0. The summed E-state index contributed by atoms with van der Waals surface area (Å²) >= 11 is 0. The van der Waals surface area contributed by atoms with Crippen LogP contribution < -0.4 is 0 Å². The molecule has 0 amide bonds. The highest BCUT2D eigenvalue weighted by molar-refractivity contribution is 7.47. The molecule has 0 saturated heterocycles. The van der Waals surface area contributed by atoms with E-state index in [2.05, 4.69) is 24.4 Å². The Morgan fingerprint density at radius 3 is 1.45 bits per heavy atom. The van der Waals surface area contributed by atoms with Crippen molar-refractivity contribution in [1.82, 2.24) is 0 Å². The monoisotopic (exact) mass is 985 g/mol. The lowest BCUT2D eigenvalue weighted by Crippen LogP contribution is -2.64. The van der Waals surface area contributed by atoms with E-state index in [1.54, 1.807) is 12.2 Å². The summed E-state index contributed by atoms with van der Waals surface area (Å²) in [5.41, 5.74) is 0. The minimum absolute atomic E-state index is 0.0238. The maximum atomic E-state index is 13.0. The van der Waals surface area contributed by atoms with Gasteiger partial charge in [0, 0.05) is 19.3 Å². The van der Waals surface area contributed by atoms with Gasteiger partial charge in [-0.15, -0.1) is 0 Å². The zero-order valence-electron chi connectivity index (χ0n) is 39.9. The number of hydrogen-bond donors (Lipinski definition) is 7. The molecule has 1 aliphatic rings. The molecule has 0 radical (unpaired) electrons. The molecule has 0 aromatic heterocycles. The number of ketones is 1. The molecule has 0 bridgehead atoms. The average molecular weight is 985 g/mol. The second-order valence-corrected chi connectivity index (χ2v) is 20.2. The maximum absolute atomic E-state index is 13.0. The van der Waals surface area contributed by atoms with Crippen molar-refractivity contribution in [2.45, 2.75) is 243 Å². The first-order chi connectivity index (χ1) is 31.5. The van der Waals surface area contributed by atoms with Crippen LogP contribution in [0.4, 0.5) is 0 Å². The van der Waals surface area contributed by atoms with E-state index in [9.17, 15) is 58.6 Å². The molecule has 5 unspecified atom stereocenters. The molecule has 17 nitrogen and oxygen atoms in total. The van der Waals surface area contributed by atoms with Crippen molar-refractivity contribution in [3.63, 3.8) is 0 Å². The number of rotatable bonds is 42. The Balaban J connectivity index is 2.59. The fourth-order valence-electron chi connectivity index (χ4n) is 7.60. The fraction of sp³-hybridized carbons (Fsp3) is 0.851. The van der Waals surface area contributed by atoms with Gasteiger partial charge in [-0.1, -0.05) is 167 Å². The van der Waals surface area contributed by atoms with Crippen molar-refractivity contribution < 1.29 is 81.7 Å². The highest BCUT2D eigenvalue weighted by atomic mass is 31.2. The Morgan fingerprint density at radius 1 is 0.515 bits per heavy atom.